The molecule has 0 amide bonds. The number of quaternary nitrogens is 1. The van der Waals surface area contributed by atoms with Crippen LogP contribution in [0, 0.1) is 5.92 Å². The van der Waals surface area contributed by atoms with E-state index in [1.807, 2.05) is 0 Å². The lowest BCUT2D eigenvalue weighted by Crippen LogP contribution is -2.85. The first-order valence-electron chi connectivity index (χ1n) is 9.72. The van der Waals surface area contributed by atoms with Crippen molar-refractivity contribution in [1.82, 2.24) is 0 Å². The Morgan fingerprint density at radius 2 is 1.69 bits per heavy atom. The van der Waals surface area contributed by atoms with Gasteiger partial charge in [0.05, 0.1) is 18.8 Å². The molecule has 0 unspecified atom stereocenters. The van der Waals surface area contributed by atoms with Crippen molar-refractivity contribution in [2.24, 2.45) is 5.92 Å². The third-order valence-corrected chi connectivity index (χ3v) is 5.81. The topological polar surface area (TPSA) is 46.1 Å². The van der Waals surface area contributed by atoms with Crippen LogP contribution in [-0.4, -0.2) is 30.5 Å². The van der Waals surface area contributed by atoms with Crippen LogP contribution in [0.15, 0.2) is 60.7 Å². The molecule has 3 N–H and O–H groups in total. The van der Waals surface area contributed by atoms with E-state index >= 15 is 0 Å². The lowest BCUT2D eigenvalue weighted by atomic mass is 9.62. The molecular weight excluding hydrogens is 322 g/mol. The molecule has 26 heavy (non-hydrogen) atoms. The average Bonchev–Trinajstić information content (AvgIpc) is 2.66. The molecule has 2 aromatic carbocycles. The summed E-state index contributed by atoms with van der Waals surface area (Å²) >= 11 is 0. The second-order valence-electron chi connectivity index (χ2n) is 8.15. The molecule has 3 heteroatoms. The Labute approximate surface area is 157 Å². The molecule has 3 rings (SSSR count). The van der Waals surface area contributed by atoms with Crippen LogP contribution in [0.1, 0.15) is 37.8 Å². The minimum atomic E-state index is -0.166. The Morgan fingerprint density at radius 1 is 1.04 bits per heavy atom. The van der Waals surface area contributed by atoms with Gasteiger partial charge in [0.15, 0.2) is 0 Å². The van der Waals surface area contributed by atoms with E-state index < -0.39 is 0 Å². The van der Waals surface area contributed by atoms with Gasteiger partial charge < -0.3 is 15.2 Å². The highest BCUT2D eigenvalue weighted by Gasteiger charge is 2.47. The normalized spacial score (nSPS) is 23.5. The fourth-order valence-corrected chi connectivity index (χ4v) is 4.55. The van der Waals surface area contributed by atoms with Gasteiger partial charge in [-0.3, -0.25) is 0 Å². The molecule has 1 saturated heterocycles. The second-order valence-corrected chi connectivity index (χ2v) is 8.15. The Balaban J connectivity index is 1.80. The summed E-state index contributed by atoms with van der Waals surface area (Å²) in [6, 6.07) is 21.3. The number of rotatable bonds is 7. The predicted molar refractivity (Wildman–Crippen MR) is 105 cm³/mol. The van der Waals surface area contributed by atoms with Gasteiger partial charge >= 0.3 is 0 Å². The van der Waals surface area contributed by atoms with Gasteiger partial charge in [-0.15, -0.1) is 0 Å². The number of ether oxygens (including phenoxy) is 1. The predicted octanol–water partition coefficient (Wildman–Crippen LogP) is 2.89. The first-order chi connectivity index (χ1) is 12.6. The molecule has 1 aliphatic heterocycles. The molecule has 1 heterocycles. The van der Waals surface area contributed by atoms with Crippen LogP contribution in [0.4, 0.5) is 0 Å². The zero-order valence-corrected chi connectivity index (χ0v) is 16.0. The minimum Gasteiger partial charge on any atom is -0.396 e. The second kappa shape index (κ2) is 8.34. The molecule has 3 nitrogen and oxygen atoms in total. The monoisotopic (exact) mass is 354 g/mol. The van der Waals surface area contributed by atoms with E-state index in [0.717, 1.165) is 32.5 Å². The van der Waals surface area contributed by atoms with Crippen molar-refractivity contribution in [3.63, 3.8) is 0 Å². The van der Waals surface area contributed by atoms with E-state index in [0.29, 0.717) is 0 Å². The molecule has 2 aromatic rings. The van der Waals surface area contributed by atoms with Crippen molar-refractivity contribution in [2.45, 2.75) is 44.2 Å². The summed E-state index contributed by atoms with van der Waals surface area (Å²) in [6.07, 6.45) is 1.90. The number of hydrogen-bond acceptors (Lipinski definition) is 2. The molecular formula is C23H32NO2+. The maximum Gasteiger partial charge on any atom is 0.101 e. The Hall–Kier alpha value is -1.68. The molecule has 2 atom stereocenters. The molecule has 0 spiro atoms. The van der Waals surface area contributed by atoms with Crippen LogP contribution in [0.3, 0.4) is 0 Å². The third kappa shape index (κ3) is 4.35. The number of aliphatic hydroxyl groups is 1. The fraction of sp³-hybridized carbons (Fsp3) is 0.478. The molecule has 0 radical (unpaired) electrons. The largest absolute Gasteiger partial charge is 0.396 e. The fourth-order valence-electron chi connectivity index (χ4n) is 4.55. The van der Waals surface area contributed by atoms with Crippen LogP contribution >= 0.6 is 0 Å². The van der Waals surface area contributed by atoms with E-state index in [2.05, 4.69) is 79.8 Å². The highest BCUT2D eigenvalue weighted by molar-refractivity contribution is 5.28. The lowest BCUT2D eigenvalue weighted by Gasteiger charge is -2.48. The van der Waals surface area contributed by atoms with Gasteiger partial charge in [0.2, 0.25) is 0 Å². The van der Waals surface area contributed by atoms with E-state index in [1.54, 1.807) is 0 Å². The zero-order valence-electron chi connectivity index (χ0n) is 16.0. The molecule has 0 aromatic heterocycles. The summed E-state index contributed by atoms with van der Waals surface area (Å²) in [5.41, 5.74) is 2.46. The Kier molecular flexibility index (Phi) is 6.13. The maximum atomic E-state index is 10.3. The maximum absolute atomic E-state index is 10.3. The number of benzene rings is 2. The van der Waals surface area contributed by atoms with Gasteiger partial charge in [0.1, 0.15) is 6.54 Å². The number of nitrogens with two attached hydrogens (primary N) is 1. The van der Waals surface area contributed by atoms with Crippen molar-refractivity contribution in [3.8, 4) is 0 Å². The standard InChI is InChI=1S/C23H31NO2/c1-22(2)18-23(13-14-26-22,20-11-7-4-8-12-20)21(17-25)16-24-15-19-9-5-3-6-10-19/h3-12,21,24-25H,13-18H2,1-2H3/p+1/t21-,23-/m0/s1. The van der Waals surface area contributed by atoms with E-state index in [9.17, 15) is 5.11 Å². The van der Waals surface area contributed by atoms with Gasteiger partial charge in [0, 0.05) is 23.5 Å². The molecule has 140 valence electrons. The summed E-state index contributed by atoms with van der Waals surface area (Å²) in [7, 11) is 0. The summed E-state index contributed by atoms with van der Waals surface area (Å²) < 4.78 is 6.02. The molecule has 0 bridgehead atoms. The van der Waals surface area contributed by atoms with Crippen molar-refractivity contribution >= 4 is 0 Å². The molecule has 0 saturated carbocycles. The van der Waals surface area contributed by atoms with Gasteiger partial charge in [-0.2, -0.15) is 0 Å². The van der Waals surface area contributed by atoms with Crippen molar-refractivity contribution < 1.29 is 15.2 Å². The van der Waals surface area contributed by atoms with Crippen LogP contribution in [0.5, 0.6) is 0 Å². The highest BCUT2D eigenvalue weighted by Crippen LogP contribution is 2.46. The van der Waals surface area contributed by atoms with Crippen LogP contribution in [0.25, 0.3) is 0 Å². The van der Waals surface area contributed by atoms with Gasteiger partial charge in [-0.1, -0.05) is 60.7 Å². The quantitative estimate of drug-likeness (QED) is 0.803. The molecule has 1 fully saturated rings. The summed E-state index contributed by atoms with van der Waals surface area (Å²) in [5, 5.41) is 12.6. The van der Waals surface area contributed by atoms with Gasteiger partial charge in [0.25, 0.3) is 0 Å². The first kappa shape index (κ1) is 19.1. The van der Waals surface area contributed by atoms with Gasteiger partial charge in [-0.05, 0) is 32.3 Å². The van der Waals surface area contributed by atoms with Crippen molar-refractivity contribution in [2.75, 3.05) is 19.8 Å². The molecule has 1 aliphatic rings. The smallest absolute Gasteiger partial charge is 0.101 e. The SMILES string of the molecule is CC1(C)C[C@@](c2ccccc2)([C@H](CO)C[NH2+]Cc2ccccc2)CCO1. The Morgan fingerprint density at radius 3 is 2.31 bits per heavy atom. The highest BCUT2D eigenvalue weighted by atomic mass is 16.5. The summed E-state index contributed by atoms with van der Waals surface area (Å²) in [6.45, 7) is 7.16. The van der Waals surface area contributed by atoms with Crippen molar-refractivity contribution in [1.29, 1.82) is 0 Å². The summed E-state index contributed by atoms with van der Waals surface area (Å²) in [5.74, 6) is 0.205. The van der Waals surface area contributed by atoms with Crippen LogP contribution in [-0.2, 0) is 16.7 Å². The minimum absolute atomic E-state index is 0.0368. The van der Waals surface area contributed by atoms with Crippen molar-refractivity contribution in [3.05, 3.63) is 71.8 Å². The zero-order chi connectivity index (χ0) is 18.5. The lowest BCUT2D eigenvalue weighted by molar-refractivity contribution is -0.677. The van der Waals surface area contributed by atoms with Crippen LogP contribution < -0.4 is 5.32 Å². The Bertz CT molecular complexity index is 671. The number of aliphatic hydroxyl groups excluding tert-OH is 1. The average molecular weight is 355 g/mol. The van der Waals surface area contributed by atoms with E-state index in [4.69, 9.17) is 4.74 Å². The molecule has 0 aliphatic carbocycles. The third-order valence-electron chi connectivity index (χ3n) is 5.81. The number of hydrogen-bond donors (Lipinski definition) is 2. The van der Waals surface area contributed by atoms with Gasteiger partial charge in [-0.25, -0.2) is 0 Å². The summed E-state index contributed by atoms with van der Waals surface area (Å²) in [4.78, 5) is 0. The first-order valence-corrected chi connectivity index (χ1v) is 9.72. The van der Waals surface area contributed by atoms with E-state index in [-0.39, 0.29) is 23.5 Å². The van der Waals surface area contributed by atoms with Crippen LogP contribution in [0.2, 0.25) is 0 Å². The van der Waals surface area contributed by atoms with E-state index in [1.165, 1.54) is 11.1 Å².